The molecule has 0 aliphatic carbocycles. The molecular formula is C20H20N4O2. The van der Waals surface area contributed by atoms with Crippen molar-refractivity contribution in [3.8, 4) is 0 Å². The summed E-state index contributed by atoms with van der Waals surface area (Å²) < 4.78 is 2.10. The van der Waals surface area contributed by atoms with Crippen LogP contribution in [0.1, 0.15) is 26.5 Å². The van der Waals surface area contributed by atoms with Crippen molar-refractivity contribution < 1.29 is 9.59 Å². The highest BCUT2D eigenvalue weighted by atomic mass is 16.2. The lowest BCUT2D eigenvalue weighted by Gasteiger charge is -2.17. The summed E-state index contributed by atoms with van der Waals surface area (Å²) in [6, 6.07) is 14.9. The molecule has 0 saturated carbocycles. The molecule has 0 spiro atoms. The van der Waals surface area contributed by atoms with Crippen LogP contribution in [0.5, 0.6) is 0 Å². The molecule has 0 unspecified atom stereocenters. The molecule has 26 heavy (non-hydrogen) atoms. The van der Waals surface area contributed by atoms with Gasteiger partial charge in [-0.15, -0.1) is 0 Å². The maximum absolute atomic E-state index is 12.6. The smallest absolute Gasteiger partial charge is 0.261 e. The van der Waals surface area contributed by atoms with E-state index in [0.717, 1.165) is 16.9 Å². The van der Waals surface area contributed by atoms with Crippen LogP contribution in [-0.2, 0) is 13.1 Å². The van der Waals surface area contributed by atoms with E-state index < -0.39 is 0 Å². The standard InChI is InChI=1S/C20H20N4O2/c1-22(2)13-18-21-16-9-5-6-10-17(16)23(18)11-12-24-19(25)14-7-3-4-8-15(14)20(24)26/h3-10H,11-13H2,1-2H3. The van der Waals surface area contributed by atoms with Crippen molar-refractivity contribution in [1.82, 2.24) is 19.4 Å². The fourth-order valence-electron chi connectivity index (χ4n) is 3.42. The van der Waals surface area contributed by atoms with Gasteiger partial charge in [0.2, 0.25) is 0 Å². The van der Waals surface area contributed by atoms with Crippen LogP contribution in [-0.4, -0.2) is 51.8 Å². The minimum atomic E-state index is -0.218. The quantitative estimate of drug-likeness (QED) is 0.665. The van der Waals surface area contributed by atoms with Gasteiger partial charge in [0.1, 0.15) is 5.82 Å². The van der Waals surface area contributed by atoms with Gasteiger partial charge in [0.05, 0.1) is 28.7 Å². The lowest BCUT2D eigenvalue weighted by atomic mass is 10.1. The molecule has 1 aliphatic rings. The van der Waals surface area contributed by atoms with E-state index in [0.29, 0.717) is 30.8 Å². The molecule has 0 N–H and O–H groups in total. The number of para-hydroxylation sites is 2. The number of rotatable bonds is 5. The second-order valence-electron chi connectivity index (χ2n) is 6.71. The van der Waals surface area contributed by atoms with Crippen LogP contribution in [0.25, 0.3) is 11.0 Å². The zero-order chi connectivity index (χ0) is 18.3. The van der Waals surface area contributed by atoms with Gasteiger partial charge >= 0.3 is 0 Å². The lowest BCUT2D eigenvalue weighted by molar-refractivity contribution is 0.0648. The van der Waals surface area contributed by atoms with Gasteiger partial charge in [-0.1, -0.05) is 24.3 Å². The topological polar surface area (TPSA) is 58.4 Å². The molecule has 1 aromatic heterocycles. The number of carbonyl (C=O) groups is 2. The number of fused-ring (bicyclic) bond motifs is 2. The molecule has 0 bridgehead atoms. The summed E-state index contributed by atoms with van der Waals surface area (Å²) in [7, 11) is 3.99. The van der Waals surface area contributed by atoms with Crippen molar-refractivity contribution in [3.63, 3.8) is 0 Å². The average molecular weight is 348 g/mol. The Kier molecular flexibility index (Phi) is 4.05. The van der Waals surface area contributed by atoms with Gasteiger partial charge in [-0.05, 0) is 38.4 Å². The number of nitrogens with zero attached hydrogens (tertiary/aromatic N) is 4. The van der Waals surface area contributed by atoms with Crippen molar-refractivity contribution in [2.45, 2.75) is 13.1 Å². The Hall–Kier alpha value is -2.99. The molecule has 132 valence electrons. The Balaban J connectivity index is 1.63. The van der Waals surface area contributed by atoms with Crippen LogP contribution in [0, 0.1) is 0 Å². The van der Waals surface area contributed by atoms with E-state index in [1.165, 1.54) is 4.90 Å². The van der Waals surface area contributed by atoms with E-state index in [4.69, 9.17) is 4.98 Å². The molecule has 0 fully saturated rings. The molecule has 6 heteroatoms. The molecule has 0 radical (unpaired) electrons. The highest BCUT2D eigenvalue weighted by Gasteiger charge is 2.34. The first kappa shape index (κ1) is 16.5. The first-order valence-corrected chi connectivity index (χ1v) is 8.60. The number of carbonyl (C=O) groups excluding carboxylic acids is 2. The van der Waals surface area contributed by atoms with Crippen molar-refractivity contribution in [2.24, 2.45) is 0 Å². The summed E-state index contributed by atoms with van der Waals surface area (Å²) in [5.74, 6) is 0.487. The van der Waals surface area contributed by atoms with Crippen LogP contribution in [0.15, 0.2) is 48.5 Å². The molecule has 3 aromatic rings. The van der Waals surface area contributed by atoms with Crippen molar-refractivity contribution >= 4 is 22.8 Å². The highest BCUT2D eigenvalue weighted by molar-refractivity contribution is 6.21. The fraction of sp³-hybridized carbons (Fsp3) is 0.250. The summed E-state index contributed by atoms with van der Waals surface area (Å²) in [6.07, 6.45) is 0. The number of hydrogen-bond donors (Lipinski definition) is 0. The van der Waals surface area contributed by atoms with Crippen LogP contribution in [0.3, 0.4) is 0 Å². The summed E-state index contributed by atoms with van der Waals surface area (Å²) >= 11 is 0. The predicted octanol–water partition coefficient (Wildman–Crippen LogP) is 2.39. The van der Waals surface area contributed by atoms with E-state index in [1.54, 1.807) is 24.3 Å². The minimum Gasteiger partial charge on any atom is -0.325 e. The zero-order valence-electron chi connectivity index (χ0n) is 14.8. The number of amides is 2. The van der Waals surface area contributed by atoms with E-state index in [9.17, 15) is 9.59 Å². The number of benzene rings is 2. The molecule has 2 heterocycles. The highest BCUT2D eigenvalue weighted by Crippen LogP contribution is 2.23. The molecular weight excluding hydrogens is 328 g/mol. The van der Waals surface area contributed by atoms with E-state index in [1.807, 2.05) is 38.4 Å². The molecule has 0 atom stereocenters. The van der Waals surface area contributed by atoms with Crippen LogP contribution >= 0.6 is 0 Å². The first-order valence-electron chi connectivity index (χ1n) is 8.60. The molecule has 4 rings (SSSR count). The van der Waals surface area contributed by atoms with E-state index in [-0.39, 0.29) is 11.8 Å². The monoisotopic (exact) mass is 348 g/mol. The molecule has 6 nitrogen and oxygen atoms in total. The summed E-state index contributed by atoms with van der Waals surface area (Å²) in [5, 5.41) is 0. The molecule has 0 saturated heterocycles. The summed E-state index contributed by atoms with van der Waals surface area (Å²) in [6.45, 7) is 1.54. The summed E-state index contributed by atoms with van der Waals surface area (Å²) in [5.41, 5.74) is 2.91. The largest absolute Gasteiger partial charge is 0.325 e. The molecule has 2 amide bonds. The Labute approximate surface area is 151 Å². The second kappa shape index (κ2) is 6.38. The second-order valence-corrected chi connectivity index (χ2v) is 6.71. The van der Waals surface area contributed by atoms with Crippen molar-refractivity contribution in [1.29, 1.82) is 0 Å². The maximum Gasteiger partial charge on any atom is 0.261 e. The van der Waals surface area contributed by atoms with Gasteiger partial charge in [-0.2, -0.15) is 0 Å². The number of aromatic nitrogens is 2. The normalized spacial score (nSPS) is 13.9. The maximum atomic E-state index is 12.6. The molecule has 2 aromatic carbocycles. The van der Waals surface area contributed by atoms with Gasteiger partial charge in [0.25, 0.3) is 11.8 Å². The third-order valence-corrected chi connectivity index (χ3v) is 4.62. The van der Waals surface area contributed by atoms with Gasteiger partial charge in [-0.25, -0.2) is 4.98 Å². The molecule has 1 aliphatic heterocycles. The average Bonchev–Trinajstić information content (AvgIpc) is 3.09. The third-order valence-electron chi connectivity index (χ3n) is 4.62. The zero-order valence-corrected chi connectivity index (χ0v) is 14.8. The van der Waals surface area contributed by atoms with Crippen molar-refractivity contribution in [2.75, 3.05) is 20.6 Å². The van der Waals surface area contributed by atoms with Gasteiger partial charge in [0, 0.05) is 13.1 Å². The van der Waals surface area contributed by atoms with Gasteiger partial charge < -0.3 is 9.47 Å². The Morgan fingerprint density at radius 2 is 1.50 bits per heavy atom. The van der Waals surface area contributed by atoms with Crippen LogP contribution in [0.4, 0.5) is 0 Å². The first-order chi connectivity index (χ1) is 12.6. The minimum absolute atomic E-state index is 0.218. The Morgan fingerprint density at radius 3 is 2.15 bits per heavy atom. The lowest BCUT2D eigenvalue weighted by Crippen LogP contribution is -2.33. The van der Waals surface area contributed by atoms with E-state index >= 15 is 0 Å². The summed E-state index contributed by atoms with van der Waals surface area (Å²) in [4.78, 5) is 33.2. The SMILES string of the molecule is CN(C)Cc1nc2ccccc2n1CCN1C(=O)c2ccccc2C1=O. The van der Waals surface area contributed by atoms with Crippen molar-refractivity contribution in [3.05, 3.63) is 65.5 Å². The number of imide groups is 1. The van der Waals surface area contributed by atoms with Crippen LogP contribution < -0.4 is 0 Å². The predicted molar refractivity (Wildman–Crippen MR) is 98.9 cm³/mol. The Bertz CT molecular complexity index is 971. The third kappa shape index (κ3) is 2.68. The Morgan fingerprint density at radius 1 is 0.885 bits per heavy atom. The van der Waals surface area contributed by atoms with Gasteiger partial charge in [-0.3, -0.25) is 14.5 Å². The van der Waals surface area contributed by atoms with Crippen LogP contribution in [0.2, 0.25) is 0 Å². The fourth-order valence-corrected chi connectivity index (χ4v) is 3.42. The number of imidazole rings is 1. The number of hydrogen-bond acceptors (Lipinski definition) is 4. The van der Waals surface area contributed by atoms with Gasteiger partial charge in [0.15, 0.2) is 0 Å². The van der Waals surface area contributed by atoms with E-state index in [2.05, 4.69) is 9.47 Å².